The summed E-state index contributed by atoms with van der Waals surface area (Å²) < 4.78 is 0. The molecule has 2 unspecified atom stereocenters. The summed E-state index contributed by atoms with van der Waals surface area (Å²) in [6.45, 7) is 0.547. The molecule has 10 heteroatoms. The summed E-state index contributed by atoms with van der Waals surface area (Å²) in [6, 6.07) is 11.6. The van der Waals surface area contributed by atoms with Gasteiger partial charge >= 0.3 is 0 Å². The average Bonchev–Trinajstić information content (AvgIpc) is 2.79. The van der Waals surface area contributed by atoms with Gasteiger partial charge in [0, 0.05) is 13.5 Å². The molecule has 5 amide bonds. The molecule has 4 N–H and O–H groups in total. The Kier molecular flexibility index (Phi) is 7.60. The van der Waals surface area contributed by atoms with Crippen molar-refractivity contribution in [2.75, 3.05) is 26.7 Å². The standard InChI is InChI=1S/C23H27N5O5/c1-14-22(32)27-18(10-15-7-8-16-5-3-4-6-17(16)9-15)23(33)25-11-19(29)24-12-21(31)28(2)13-20(30)26-14/h3-9,14,18H,10-13H2,1-2H3,(H,24,29)(H,25,33)(H,26,30)(H,27,32). The van der Waals surface area contributed by atoms with E-state index < -0.39 is 41.6 Å². The molecular formula is C23H27N5O5. The van der Waals surface area contributed by atoms with E-state index in [2.05, 4.69) is 21.3 Å². The number of nitrogens with zero attached hydrogens (tertiary/aromatic N) is 1. The Balaban J connectivity index is 1.81. The second-order valence-corrected chi connectivity index (χ2v) is 7.98. The molecule has 2 atom stereocenters. The van der Waals surface area contributed by atoms with Crippen molar-refractivity contribution >= 4 is 40.3 Å². The van der Waals surface area contributed by atoms with Crippen molar-refractivity contribution < 1.29 is 24.0 Å². The maximum Gasteiger partial charge on any atom is 0.243 e. The molecule has 33 heavy (non-hydrogen) atoms. The number of hydrogen-bond acceptors (Lipinski definition) is 5. The molecule has 2 aromatic rings. The highest BCUT2D eigenvalue weighted by Crippen LogP contribution is 2.17. The van der Waals surface area contributed by atoms with Crippen molar-refractivity contribution in [1.82, 2.24) is 26.2 Å². The first-order valence-corrected chi connectivity index (χ1v) is 10.6. The molecule has 1 saturated heterocycles. The number of amides is 5. The first-order chi connectivity index (χ1) is 15.7. The maximum absolute atomic E-state index is 12.8. The molecule has 0 aromatic heterocycles. The SMILES string of the molecule is CC1NC(=O)CN(C)C(=O)CNC(=O)CNC(=O)C(Cc2ccc3ccccc3c2)NC1=O. The van der Waals surface area contributed by atoms with Crippen molar-refractivity contribution in [3.05, 3.63) is 48.0 Å². The molecule has 0 saturated carbocycles. The number of carbonyl (C=O) groups excluding carboxylic acids is 5. The van der Waals surface area contributed by atoms with Gasteiger partial charge < -0.3 is 26.2 Å². The van der Waals surface area contributed by atoms with Gasteiger partial charge in [0.25, 0.3) is 0 Å². The van der Waals surface area contributed by atoms with Gasteiger partial charge in [-0.05, 0) is 23.3 Å². The van der Waals surface area contributed by atoms with Crippen LogP contribution in [0.15, 0.2) is 42.5 Å². The largest absolute Gasteiger partial charge is 0.345 e. The molecule has 174 valence electrons. The third-order valence-electron chi connectivity index (χ3n) is 5.32. The summed E-state index contributed by atoms with van der Waals surface area (Å²) in [4.78, 5) is 63.0. The summed E-state index contributed by atoms with van der Waals surface area (Å²) in [5.74, 6) is -2.69. The van der Waals surface area contributed by atoms with Crippen LogP contribution >= 0.6 is 0 Å². The minimum Gasteiger partial charge on any atom is -0.345 e. The monoisotopic (exact) mass is 453 g/mol. The van der Waals surface area contributed by atoms with Gasteiger partial charge in [-0.25, -0.2) is 0 Å². The third-order valence-corrected chi connectivity index (χ3v) is 5.32. The predicted molar refractivity (Wildman–Crippen MR) is 121 cm³/mol. The summed E-state index contributed by atoms with van der Waals surface area (Å²) >= 11 is 0. The van der Waals surface area contributed by atoms with Crippen molar-refractivity contribution in [3.63, 3.8) is 0 Å². The average molecular weight is 453 g/mol. The molecule has 0 spiro atoms. The number of benzene rings is 2. The lowest BCUT2D eigenvalue weighted by molar-refractivity contribution is -0.136. The smallest absolute Gasteiger partial charge is 0.243 e. The van der Waals surface area contributed by atoms with Crippen molar-refractivity contribution in [2.24, 2.45) is 0 Å². The van der Waals surface area contributed by atoms with Crippen LogP contribution < -0.4 is 21.3 Å². The van der Waals surface area contributed by atoms with Gasteiger partial charge in [-0.15, -0.1) is 0 Å². The van der Waals surface area contributed by atoms with E-state index in [0.29, 0.717) is 0 Å². The molecule has 1 heterocycles. The normalized spacial score (nSPS) is 21.4. The van der Waals surface area contributed by atoms with Crippen LogP contribution in [0.25, 0.3) is 10.8 Å². The Bertz CT molecular complexity index is 1090. The van der Waals surface area contributed by atoms with Crippen LogP contribution in [-0.2, 0) is 30.4 Å². The number of fused-ring (bicyclic) bond motifs is 1. The Morgan fingerprint density at radius 2 is 1.58 bits per heavy atom. The Morgan fingerprint density at radius 3 is 2.33 bits per heavy atom. The fourth-order valence-electron chi connectivity index (χ4n) is 3.43. The second kappa shape index (κ2) is 10.6. The number of nitrogens with one attached hydrogen (secondary N) is 4. The van der Waals surface area contributed by atoms with Crippen LogP contribution in [0.4, 0.5) is 0 Å². The summed E-state index contributed by atoms with van der Waals surface area (Å²) in [7, 11) is 1.41. The highest BCUT2D eigenvalue weighted by atomic mass is 16.2. The number of hydrogen-bond donors (Lipinski definition) is 4. The highest BCUT2D eigenvalue weighted by molar-refractivity contribution is 5.95. The molecule has 0 radical (unpaired) electrons. The highest BCUT2D eigenvalue weighted by Gasteiger charge is 2.26. The van der Waals surface area contributed by atoms with E-state index in [9.17, 15) is 24.0 Å². The van der Waals surface area contributed by atoms with Crippen LogP contribution in [0.3, 0.4) is 0 Å². The van der Waals surface area contributed by atoms with Gasteiger partial charge in [-0.1, -0.05) is 42.5 Å². The Hall–Kier alpha value is -3.95. The van der Waals surface area contributed by atoms with E-state index in [1.807, 2.05) is 42.5 Å². The molecule has 10 nitrogen and oxygen atoms in total. The Labute approximate surface area is 191 Å². The van der Waals surface area contributed by atoms with E-state index >= 15 is 0 Å². The van der Waals surface area contributed by atoms with Gasteiger partial charge in [-0.2, -0.15) is 0 Å². The molecule has 1 fully saturated rings. The van der Waals surface area contributed by atoms with E-state index in [1.54, 1.807) is 0 Å². The van der Waals surface area contributed by atoms with E-state index in [0.717, 1.165) is 21.2 Å². The first-order valence-electron chi connectivity index (χ1n) is 10.6. The summed E-state index contributed by atoms with van der Waals surface area (Å²) in [5.41, 5.74) is 0.820. The summed E-state index contributed by atoms with van der Waals surface area (Å²) in [5, 5.41) is 12.1. The zero-order chi connectivity index (χ0) is 24.0. The quantitative estimate of drug-likeness (QED) is 0.466. The van der Waals surface area contributed by atoms with Crippen molar-refractivity contribution in [1.29, 1.82) is 0 Å². The Morgan fingerprint density at radius 1 is 0.848 bits per heavy atom. The second-order valence-electron chi connectivity index (χ2n) is 7.98. The topological polar surface area (TPSA) is 137 Å². The zero-order valence-corrected chi connectivity index (χ0v) is 18.5. The molecule has 2 aromatic carbocycles. The molecular weight excluding hydrogens is 426 g/mol. The van der Waals surface area contributed by atoms with Crippen LogP contribution in [-0.4, -0.2) is 73.2 Å². The predicted octanol–water partition coefficient (Wildman–Crippen LogP) is -0.924. The molecule has 1 aliphatic heterocycles. The molecule has 1 aliphatic rings. The van der Waals surface area contributed by atoms with Crippen LogP contribution in [0, 0.1) is 0 Å². The lowest BCUT2D eigenvalue weighted by Gasteiger charge is -2.22. The fraction of sp³-hybridized carbons (Fsp3) is 0.348. The molecule has 0 aliphatic carbocycles. The van der Waals surface area contributed by atoms with E-state index in [1.165, 1.54) is 14.0 Å². The van der Waals surface area contributed by atoms with Crippen LogP contribution in [0.1, 0.15) is 12.5 Å². The van der Waals surface area contributed by atoms with Crippen molar-refractivity contribution in [2.45, 2.75) is 25.4 Å². The van der Waals surface area contributed by atoms with Gasteiger partial charge in [0.2, 0.25) is 29.5 Å². The van der Waals surface area contributed by atoms with Gasteiger partial charge in [0.15, 0.2) is 0 Å². The van der Waals surface area contributed by atoms with Gasteiger partial charge in [0.1, 0.15) is 12.1 Å². The number of likely N-dealkylation sites (N-methyl/N-ethyl adjacent to an activating group) is 1. The molecule has 0 bridgehead atoms. The van der Waals surface area contributed by atoms with Gasteiger partial charge in [0.05, 0.1) is 19.6 Å². The van der Waals surface area contributed by atoms with Crippen LogP contribution in [0.2, 0.25) is 0 Å². The number of carbonyl (C=O) groups is 5. The van der Waals surface area contributed by atoms with E-state index in [-0.39, 0.29) is 26.1 Å². The van der Waals surface area contributed by atoms with Crippen LogP contribution in [0.5, 0.6) is 0 Å². The molecule has 3 rings (SSSR count). The zero-order valence-electron chi connectivity index (χ0n) is 18.5. The minimum atomic E-state index is -0.972. The van der Waals surface area contributed by atoms with E-state index in [4.69, 9.17) is 0 Å². The lowest BCUT2D eigenvalue weighted by Crippen LogP contribution is -2.54. The van der Waals surface area contributed by atoms with Gasteiger partial charge in [-0.3, -0.25) is 24.0 Å². The third kappa shape index (κ3) is 6.52. The first kappa shape index (κ1) is 23.7. The maximum atomic E-state index is 12.8. The fourth-order valence-corrected chi connectivity index (χ4v) is 3.43. The minimum absolute atomic E-state index is 0.186. The number of rotatable bonds is 2. The lowest BCUT2D eigenvalue weighted by atomic mass is 10.0. The summed E-state index contributed by atoms with van der Waals surface area (Å²) in [6.07, 6.45) is 0.186. The van der Waals surface area contributed by atoms with Crippen molar-refractivity contribution in [3.8, 4) is 0 Å².